The Kier molecular flexibility index (Phi) is 3.66. The molecule has 0 unspecified atom stereocenters. The minimum atomic E-state index is -0.476. The van der Waals surface area contributed by atoms with E-state index in [-0.39, 0.29) is 11.1 Å². The Morgan fingerprint density at radius 1 is 1.32 bits per heavy atom. The van der Waals surface area contributed by atoms with Crippen molar-refractivity contribution in [3.05, 3.63) is 41.9 Å². The molecule has 0 aliphatic carbocycles. The summed E-state index contributed by atoms with van der Waals surface area (Å²) in [6, 6.07) is 3.35. The molecule has 0 saturated carbocycles. The van der Waals surface area contributed by atoms with Crippen LogP contribution in [0.25, 0.3) is 11.3 Å². The minimum Gasteiger partial charge on any atom is -0.342 e. The number of aromatic amines is 1. The molecule has 0 atom stereocenters. The Morgan fingerprint density at radius 3 is 2.74 bits per heavy atom. The fraction of sp³-hybridized carbons (Fsp3) is 0.357. The molecule has 1 aromatic heterocycles. The van der Waals surface area contributed by atoms with Gasteiger partial charge in [0.15, 0.2) is 0 Å². The number of rotatable bonds is 4. The number of halogens is 2. The van der Waals surface area contributed by atoms with E-state index < -0.39 is 11.6 Å². The lowest BCUT2D eigenvalue weighted by molar-refractivity contribution is 0.472. The zero-order chi connectivity index (χ0) is 14.0. The average molecular weight is 265 g/mol. The summed E-state index contributed by atoms with van der Waals surface area (Å²) in [6.45, 7) is 3.87. The van der Waals surface area contributed by atoms with Crippen LogP contribution in [-0.4, -0.2) is 15.5 Å². The van der Waals surface area contributed by atoms with Crippen LogP contribution >= 0.6 is 0 Å². The molecule has 0 spiro atoms. The molecule has 19 heavy (non-hydrogen) atoms. The number of nitrogens with one attached hydrogen (secondary N) is 1. The summed E-state index contributed by atoms with van der Waals surface area (Å²) >= 11 is 0. The molecule has 0 bridgehead atoms. The van der Waals surface area contributed by atoms with Gasteiger partial charge in [0.05, 0.1) is 11.9 Å². The van der Waals surface area contributed by atoms with Gasteiger partial charge in [0.2, 0.25) is 0 Å². The van der Waals surface area contributed by atoms with Crippen molar-refractivity contribution >= 4 is 0 Å². The van der Waals surface area contributed by atoms with E-state index in [2.05, 4.69) is 9.97 Å². The Morgan fingerprint density at radius 2 is 2.05 bits per heavy atom. The monoisotopic (exact) mass is 265 g/mol. The number of nitrogens with two attached hydrogens (primary N) is 1. The molecule has 1 heterocycles. The van der Waals surface area contributed by atoms with Crippen molar-refractivity contribution in [2.45, 2.75) is 32.2 Å². The van der Waals surface area contributed by atoms with Gasteiger partial charge in [-0.25, -0.2) is 13.8 Å². The van der Waals surface area contributed by atoms with Gasteiger partial charge in [-0.1, -0.05) is 0 Å². The van der Waals surface area contributed by atoms with Crippen molar-refractivity contribution in [1.82, 2.24) is 9.97 Å². The zero-order valence-corrected chi connectivity index (χ0v) is 11.0. The first-order valence-corrected chi connectivity index (χ1v) is 6.13. The van der Waals surface area contributed by atoms with Crippen molar-refractivity contribution in [3.8, 4) is 11.3 Å². The summed E-state index contributed by atoms with van der Waals surface area (Å²) < 4.78 is 26.7. The Balaban J connectivity index is 2.19. The van der Waals surface area contributed by atoms with E-state index in [1.807, 2.05) is 13.8 Å². The van der Waals surface area contributed by atoms with E-state index in [1.165, 1.54) is 6.20 Å². The van der Waals surface area contributed by atoms with Crippen LogP contribution in [0.15, 0.2) is 24.4 Å². The van der Waals surface area contributed by atoms with Gasteiger partial charge in [0.1, 0.15) is 17.5 Å². The predicted octanol–water partition coefficient (Wildman–Crippen LogP) is 3.02. The maximum Gasteiger partial charge on any atom is 0.132 e. The van der Waals surface area contributed by atoms with E-state index in [1.54, 1.807) is 0 Å². The third kappa shape index (κ3) is 3.61. The highest BCUT2D eigenvalue weighted by atomic mass is 19.1. The van der Waals surface area contributed by atoms with E-state index >= 15 is 0 Å². The van der Waals surface area contributed by atoms with Crippen LogP contribution in [0, 0.1) is 11.6 Å². The number of aromatic nitrogens is 2. The molecular formula is C14H17F2N3. The second-order valence-electron chi connectivity index (χ2n) is 5.36. The summed E-state index contributed by atoms with van der Waals surface area (Å²) in [4.78, 5) is 7.16. The first-order valence-electron chi connectivity index (χ1n) is 6.13. The third-order valence-electron chi connectivity index (χ3n) is 2.85. The molecule has 2 rings (SSSR count). The molecule has 0 aliphatic heterocycles. The number of nitrogens with zero attached hydrogens (tertiary/aromatic N) is 1. The van der Waals surface area contributed by atoms with Crippen LogP contribution in [0.5, 0.6) is 0 Å². The van der Waals surface area contributed by atoms with Gasteiger partial charge < -0.3 is 10.7 Å². The molecule has 102 valence electrons. The minimum absolute atomic E-state index is 0.186. The van der Waals surface area contributed by atoms with Gasteiger partial charge in [-0.2, -0.15) is 0 Å². The van der Waals surface area contributed by atoms with Gasteiger partial charge >= 0.3 is 0 Å². The van der Waals surface area contributed by atoms with E-state index in [4.69, 9.17) is 5.73 Å². The molecule has 0 aliphatic rings. The SMILES string of the molecule is CC(C)(N)CCc1ncc(-c2cc(F)ccc2F)[nH]1. The smallest absolute Gasteiger partial charge is 0.132 e. The number of imidazole rings is 1. The number of aryl methyl sites for hydroxylation is 1. The van der Waals surface area contributed by atoms with Gasteiger partial charge in [0.25, 0.3) is 0 Å². The van der Waals surface area contributed by atoms with Crippen LogP contribution < -0.4 is 5.73 Å². The van der Waals surface area contributed by atoms with Crippen molar-refractivity contribution < 1.29 is 8.78 Å². The highest BCUT2D eigenvalue weighted by molar-refractivity contribution is 5.59. The van der Waals surface area contributed by atoms with Crippen molar-refractivity contribution in [2.75, 3.05) is 0 Å². The predicted molar refractivity (Wildman–Crippen MR) is 70.5 cm³/mol. The van der Waals surface area contributed by atoms with Gasteiger partial charge in [-0.3, -0.25) is 0 Å². The lowest BCUT2D eigenvalue weighted by Crippen LogP contribution is -2.32. The lowest BCUT2D eigenvalue weighted by Gasteiger charge is -2.16. The van der Waals surface area contributed by atoms with E-state index in [0.717, 1.165) is 30.4 Å². The number of benzene rings is 1. The normalized spacial score (nSPS) is 11.8. The Hall–Kier alpha value is -1.75. The maximum absolute atomic E-state index is 13.6. The molecule has 0 amide bonds. The molecular weight excluding hydrogens is 248 g/mol. The Labute approximate surface area is 110 Å². The number of H-pyrrole nitrogens is 1. The summed E-state index contributed by atoms with van der Waals surface area (Å²) in [7, 11) is 0. The standard InChI is InChI=1S/C14H17F2N3/c1-14(2,17)6-5-13-18-8-12(19-13)10-7-9(15)3-4-11(10)16/h3-4,7-8H,5-6,17H2,1-2H3,(H,18,19). The quantitative estimate of drug-likeness (QED) is 0.892. The van der Waals surface area contributed by atoms with E-state index in [9.17, 15) is 8.78 Å². The fourth-order valence-electron chi connectivity index (χ4n) is 1.77. The second kappa shape index (κ2) is 5.09. The molecule has 3 N–H and O–H groups in total. The van der Waals surface area contributed by atoms with Crippen LogP contribution in [0.2, 0.25) is 0 Å². The number of hydrogen-bond donors (Lipinski definition) is 2. The topological polar surface area (TPSA) is 54.7 Å². The van der Waals surface area contributed by atoms with Crippen LogP contribution in [0.4, 0.5) is 8.78 Å². The zero-order valence-electron chi connectivity index (χ0n) is 11.0. The van der Waals surface area contributed by atoms with Crippen LogP contribution in [-0.2, 0) is 6.42 Å². The van der Waals surface area contributed by atoms with Crippen molar-refractivity contribution in [3.63, 3.8) is 0 Å². The van der Waals surface area contributed by atoms with E-state index in [0.29, 0.717) is 12.1 Å². The van der Waals surface area contributed by atoms with Crippen molar-refractivity contribution in [1.29, 1.82) is 0 Å². The molecule has 2 aromatic rings. The van der Waals surface area contributed by atoms with Crippen molar-refractivity contribution in [2.24, 2.45) is 5.73 Å². The maximum atomic E-state index is 13.6. The largest absolute Gasteiger partial charge is 0.342 e. The second-order valence-corrected chi connectivity index (χ2v) is 5.36. The highest BCUT2D eigenvalue weighted by Crippen LogP contribution is 2.22. The highest BCUT2D eigenvalue weighted by Gasteiger charge is 2.13. The van der Waals surface area contributed by atoms with Gasteiger partial charge in [-0.15, -0.1) is 0 Å². The molecule has 1 aromatic carbocycles. The lowest BCUT2D eigenvalue weighted by atomic mass is 10.0. The Bertz CT molecular complexity index is 570. The first-order chi connectivity index (χ1) is 8.85. The summed E-state index contributed by atoms with van der Waals surface area (Å²) in [6.07, 6.45) is 2.93. The van der Waals surface area contributed by atoms with Crippen LogP contribution in [0.1, 0.15) is 26.1 Å². The van der Waals surface area contributed by atoms with Gasteiger partial charge in [0, 0.05) is 17.5 Å². The number of hydrogen-bond acceptors (Lipinski definition) is 2. The molecule has 3 nitrogen and oxygen atoms in total. The molecule has 5 heteroatoms. The third-order valence-corrected chi connectivity index (χ3v) is 2.85. The summed E-state index contributed by atoms with van der Waals surface area (Å²) in [5.74, 6) is -0.233. The van der Waals surface area contributed by atoms with Crippen LogP contribution in [0.3, 0.4) is 0 Å². The summed E-state index contributed by atoms with van der Waals surface area (Å²) in [5.41, 5.74) is 6.27. The molecule has 0 saturated heterocycles. The molecule has 0 radical (unpaired) electrons. The molecule has 0 fully saturated rings. The fourth-order valence-corrected chi connectivity index (χ4v) is 1.77. The summed E-state index contributed by atoms with van der Waals surface area (Å²) in [5, 5.41) is 0. The van der Waals surface area contributed by atoms with Gasteiger partial charge in [-0.05, 0) is 38.5 Å². The first kappa shape index (κ1) is 13.7. The average Bonchev–Trinajstić information content (AvgIpc) is 2.77.